The third-order valence-electron chi connectivity index (χ3n) is 3.25. The maximum atomic E-state index is 9.77. The molecular formula is C14H22O. The molecule has 0 radical (unpaired) electrons. The monoisotopic (exact) mass is 206 g/mol. The molecule has 1 aromatic rings. The second-order valence-corrected chi connectivity index (χ2v) is 4.53. The Kier molecular flexibility index (Phi) is 4.34. The van der Waals surface area contributed by atoms with E-state index < -0.39 is 0 Å². The zero-order valence-corrected chi connectivity index (χ0v) is 10.2. The molecule has 0 aliphatic heterocycles. The first-order valence-corrected chi connectivity index (χ1v) is 5.79. The van der Waals surface area contributed by atoms with Gasteiger partial charge in [0.05, 0.1) is 6.10 Å². The molecule has 2 atom stereocenters. The van der Waals surface area contributed by atoms with E-state index in [2.05, 4.69) is 39.0 Å². The molecule has 0 saturated carbocycles. The fourth-order valence-electron chi connectivity index (χ4n) is 2.03. The topological polar surface area (TPSA) is 20.2 Å². The summed E-state index contributed by atoms with van der Waals surface area (Å²) in [6.07, 6.45) is 1.64. The van der Waals surface area contributed by atoms with Crippen molar-refractivity contribution in [1.82, 2.24) is 0 Å². The fourth-order valence-corrected chi connectivity index (χ4v) is 2.03. The second kappa shape index (κ2) is 5.32. The van der Waals surface area contributed by atoms with Crippen molar-refractivity contribution in [1.29, 1.82) is 0 Å². The summed E-state index contributed by atoms with van der Waals surface area (Å²) in [5.41, 5.74) is 4.08. The zero-order chi connectivity index (χ0) is 11.4. The summed E-state index contributed by atoms with van der Waals surface area (Å²) in [6.45, 7) is 8.45. The summed E-state index contributed by atoms with van der Waals surface area (Å²) in [4.78, 5) is 0. The molecule has 2 unspecified atom stereocenters. The Bertz CT molecular complexity index is 297. The number of hydrogen-bond acceptors (Lipinski definition) is 1. The minimum Gasteiger partial charge on any atom is -0.393 e. The van der Waals surface area contributed by atoms with Crippen molar-refractivity contribution in [3.8, 4) is 0 Å². The second-order valence-electron chi connectivity index (χ2n) is 4.53. The summed E-state index contributed by atoms with van der Waals surface area (Å²) in [5, 5.41) is 9.77. The summed E-state index contributed by atoms with van der Waals surface area (Å²) in [6, 6.07) is 6.38. The average Bonchev–Trinajstić information content (AvgIpc) is 2.22. The van der Waals surface area contributed by atoms with Crippen LogP contribution in [0.1, 0.15) is 37.0 Å². The van der Waals surface area contributed by atoms with Crippen molar-refractivity contribution in [2.75, 3.05) is 0 Å². The van der Waals surface area contributed by atoms with Gasteiger partial charge >= 0.3 is 0 Å². The number of aliphatic hydroxyl groups is 1. The minimum atomic E-state index is -0.177. The van der Waals surface area contributed by atoms with E-state index in [1.807, 2.05) is 6.92 Å². The van der Waals surface area contributed by atoms with E-state index in [0.29, 0.717) is 5.92 Å². The van der Waals surface area contributed by atoms with Crippen molar-refractivity contribution >= 4 is 0 Å². The van der Waals surface area contributed by atoms with Crippen LogP contribution in [0.25, 0.3) is 0 Å². The molecule has 0 spiro atoms. The van der Waals surface area contributed by atoms with E-state index >= 15 is 0 Å². The standard InChI is InChI=1S/C14H22O/c1-5-14(15)12(4)9-13-10(2)7-6-8-11(13)3/h6-8,12,14-15H,5,9H2,1-4H3. The van der Waals surface area contributed by atoms with Gasteiger partial charge in [0.15, 0.2) is 0 Å². The van der Waals surface area contributed by atoms with Gasteiger partial charge in [-0.3, -0.25) is 0 Å². The highest BCUT2D eigenvalue weighted by molar-refractivity contribution is 5.33. The molecule has 1 N–H and O–H groups in total. The van der Waals surface area contributed by atoms with Gasteiger partial charge in [-0.25, -0.2) is 0 Å². The largest absolute Gasteiger partial charge is 0.393 e. The zero-order valence-electron chi connectivity index (χ0n) is 10.2. The van der Waals surface area contributed by atoms with Crippen LogP contribution in [0.4, 0.5) is 0 Å². The number of rotatable bonds is 4. The van der Waals surface area contributed by atoms with Crippen LogP contribution in [0, 0.1) is 19.8 Å². The molecule has 0 bridgehead atoms. The lowest BCUT2D eigenvalue weighted by Crippen LogP contribution is -2.19. The SMILES string of the molecule is CCC(O)C(C)Cc1c(C)cccc1C. The summed E-state index contributed by atoms with van der Waals surface area (Å²) in [7, 11) is 0. The molecule has 0 amide bonds. The Labute approximate surface area is 93.1 Å². The molecule has 0 aliphatic carbocycles. The summed E-state index contributed by atoms with van der Waals surface area (Å²) in [5.74, 6) is 0.342. The molecule has 1 rings (SSSR count). The molecule has 0 aliphatic rings. The number of aliphatic hydroxyl groups excluding tert-OH is 1. The van der Waals surface area contributed by atoms with E-state index in [1.165, 1.54) is 16.7 Å². The first kappa shape index (κ1) is 12.3. The number of benzene rings is 1. The van der Waals surface area contributed by atoms with Gasteiger partial charge in [0, 0.05) is 0 Å². The lowest BCUT2D eigenvalue weighted by Gasteiger charge is -2.19. The Morgan fingerprint density at radius 2 is 1.73 bits per heavy atom. The third kappa shape index (κ3) is 3.07. The molecule has 0 aromatic heterocycles. The van der Waals surface area contributed by atoms with E-state index in [9.17, 15) is 5.11 Å². The molecule has 1 heteroatoms. The fraction of sp³-hybridized carbons (Fsp3) is 0.571. The normalized spacial score (nSPS) is 15.0. The highest BCUT2D eigenvalue weighted by Crippen LogP contribution is 2.20. The molecule has 1 aromatic carbocycles. The van der Waals surface area contributed by atoms with Gasteiger partial charge in [-0.15, -0.1) is 0 Å². The lowest BCUT2D eigenvalue weighted by molar-refractivity contribution is 0.112. The van der Waals surface area contributed by atoms with E-state index in [0.717, 1.165) is 12.8 Å². The van der Waals surface area contributed by atoms with Gasteiger partial charge < -0.3 is 5.11 Å². The van der Waals surface area contributed by atoms with Crippen molar-refractivity contribution in [3.63, 3.8) is 0 Å². The first-order chi connectivity index (χ1) is 7.06. The number of aryl methyl sites for hydroxylation is 2. The Balaban J connectivity index is 2.80. The summed E-state index contributed by atoms with van der Waals surface area (Å²) < 4.78 is 0. The van der Waals surface area contributed by atoms with Crippen LogP contribution < -0.4 is 0 Å². The molecule has 0 saturated heterocycles. The molecule has 15 heavy (non-hydrogen) atoms. The van der Waals surface area contributed by atoms with Gasteiger partial charge in [0.1, 0.15) is 0 Å². The molecule has 84 valence electrons. The highest BCUT2D eigenvalue weighted by atomic mass is 16.3. The van der Waals surface area contributed by atoms with Crippen LogP contribution in [0.5, 0.6) is 0 Å². The van der Waals surface area contributed by atoms with Gasteiger partial charge in [0.25, 0.3) is 0 Å². The van der Waals surface area contributed by atoms with E-state index in [4.69, 9.17) is 0 Å². The van der Waals surface area contributed by atoms with Gasteiger partial charge in [-0.2, -0.15) is 0 Å². The van der Waals surface area contributed by atoms with Gasteiger partial charge in [-0.05, 0) is 49.3 Å². The van der Waals surface area contributed by atoms with Gasteiger partial charge in [-0.1, -0.05) is 32.0 Å². The Hall–Kier alpha value is -0.820. The number of hydrogen-bond donors (Lipinski definition) is 1. The first-order valence-electron chi connectivity index (χ1n) is 5.79. The lowest BCUT2D eigenvalue weighted by atomic mass is 9.90. The van der Waals surface area contributed by atoms with Crippen molar-refractivity contribution < 1.29 is 5.11 Å². The molecular weight excluding hydrogens is 184 g/mol. The quantitative estimate of drug-likeness (QED) is 0.801. The minimum absolute atomic E-state index is 0.177. The maximum absolute atomic E-state index is 9.77. The van der Waals surface area contributed by atoms with Crippen LogP contribution in [0.15, 0.2) is 18.2 Å². The third-order valence-corrected chi connectivity index (χ3v) is 3.25. The maximum Gasteiger partial charge on any atom is 0.0566 e. The molecule has 1 nitrogen and oxygen atoms in total. The van der Waals surface area contributed by atoms with Crippen molar-refractivity contribution in [2.45, 2.75) is 46.6 Å². The average molecular weight is 206 g/mol. The summed E-state index contributed by atoms with van der Waals surface area (Å²) >= 11 is 0. The smallest absolute Gasteiger partial charge is 0.0566 e. The molecule has 0 fully saturated rings. The van der Waals surface area contributed by atoms with Crippen LogP contribution >= 0.6 is 0 Å². The van der Waals surface area contributed by atoms with E-state index in [1.54, 1.807) is 0 Å². The predicted molar refractivity (Wildman–Crippen MR) is 65.1 cm³/mol. The predicted octanol–water partition coefficient (Wildman–Crippen LogP) is 3.25. The van der Waals surface area contributed by atoms with Crippen LogP contribution in [0.3, 0.4) is 0 Å². The highest BCUT2D eigenvalue weighted by Gasteiger charge is 2.14. The Morgan fingerprint density at radius 3 is 2.20 bits per heavy atom. The molecule has 0 heterocycles. The van der Waals surface area contributed by atoms with Crippen LogP contribution in [0.2, 0.25) is 0 Å². The van der Waals surface area contributed by atoms with Gasteiger partial charge in [0.2, 0.25) is 0 Å². The van der Waals surface area contributed by atoms with E-state index in [-0.39, 0.29) is 6.10 Å². The van der Waals surface area contributed by atoms with Crippen LogP contribution in [-0.2, 0) is 6.42 Å². The Morgan fingerprint density at radius 1 is 1.20 bits per heavy atom. The van der Waals surface area contributed by atoms with Crippen LogP contribution in [-0.4, -0.2) is 11.2 Å². The van der Waals surface area contributed by atoms with Crippen molar-refractivity contribution in [2.24, 2.45) is 5.92 Å². The van der Waals surface area contributed by atoms with Crippen molar-refractivity contribution in [3.05, 3.63) is 34.9 Å².